The van der Waals surface area contributed by atoms with Gasteiger partial charge in [-0.1, -0.05) is 109 Å². The second kappa shape index (κ2) is 9.79. The number of rotatable bonds is 4. The van der Waals surface area contributed by atoms with Crippen LogP contribution in [0, 0.1) is 0 Å². The minimum Gasteiger partial charge on any atom is -0.456 e. The van der Waals surface area contributed by atoms with Crippen molar-refractivity contribution < 1.29 is 8.83 Å². The van der Waals surface area contributed by atoms with Crippen LogP contribution in [0.15, 0.2) is 154 Å². The van der Waals surface area contributed by atoms with Gasteiger partial charge in [0.25, 0.3) is 0 Å². The number of benzene rings is 6. The van der Waals surface area contributed by atoms with Crippen molar-refractivity contribution in [3.05, 3.63) is 146 Å². The second-order valence-corrected chi connectivity index (χ2v) is 11.0. The number of aromatic nitrogens is 2. The zero-order valence-corrected chi connectivity index (χ0v) is 23.6. The van der Waals surface area contributed by atoms with E-state index in [4.69, 9.17) is 18.8 Å². The van der Waals surface area contributed by atoms with E-state index in [-0.39, 0.29) is 0 Å². The van der Waals surface area contributed by atoms with Gasteiger partial charge < -0.3 is 8.83 Å². The Morgan fingerprint density at radius 1 is 0.386 bits per heavy atom. The summed E-state index contributed by atoms with van der Waals surface area (Å²) in [5.74, 6) is 0.625. The molecule has 4 heteroatoms. The second-order valence-electron chi connectivity index (χ2n) is 11.0. The Balaban J connectivity index is 1.26. The molecule has 9 rings (SSSR count). The van der Waals surface area contributed by atoms with Gasteiger partial charge in [0.2, 0.25) is 0 Å². The van der Waals surface area contributed by atoms with Crippen LogP contribution in [0.3, 0.4) is 0 Å². The Labute approximate surface area is 252 Å². The predicted octanol–water partition coefficient (Wildman–Crippen LogP) is 10.9. The summed E-state index contributed by atoms with van der Waals surface area (Å²) in [6.07, 6.45) is 0. The Morgan fingerprint density at radius 2 is 1.00 bits per heavy atom. The molecule has 3 aromatic heterocycles. The number of nitrogens with zero attached hydrogens (tertiary/aromatic N) is 2. The molecule has 0 saturated heterocycles. The quantitative estimate of drug-likeness (QED) is 0.213. The van der Waals surface area contributed by atoms with Crippen LogP contribution in [0.25, 0.3) is 88.9 Å². The maximum absolute atomic E-state index is 6.62. The van der Waals surface area contributed by atoms with E-state index in [0.717, 1.165) is 83.1 Å². The number of hydrogen-bond acceptors (Lipinski definition) is 4. The van der Waals surface area contributed by atoms with Gasteiger partial charge in [-0.15, -0.1) is 0 Å². The van der Waals surface area contributed by atoms with Crippen molar-refractivity contribution in [1.29, 1.82) is 0 Å². The Kier molecular flexibility index (Phi) is 5.47. The number of furan rings is 2. The first-order valence-corrected chi connectivity index (χ1v) is 14.7. The van der Waals surface area contributed by atoms with Gasteiger partial charge in [0, 0.05) is 32.7 Å². The van der Waals surface area contributed by atoms with Crippen molar-refractivity contribution in [2.24, 2.45) is 0 Å². The molecular formula is C40H24N2O2. The van der Waals surface area contributed by atoms with E-state index < -0.39 is 0 Å². The molecule has 3 heterocycles. The average Bonchev–Trinajstić information content (AvgIpc) is 3.67. The lowest BCUT2D eigenvalue weighted by Gasteiger charge is -2.09. The molecule has 0 amide bonds. The van der Waals surface area contributed by atoms with Crippen LogP contribution in [0.2, 0.25) is 0 Å². The van der Waals surface area contributed by atoms with Crippen molar-refractivity contribution in [1.82, 2.24) is 9.97 Å². The topological polar surface area (TPSA) is 52.1 Å². The fourth-order valence-electron chi connectivity index (χ4n) is 6.24. The molecule has 0 aliphatic heterocycles. The first-order valence-electron chi connectivity index (χ1n) is 14.7. The lowest BCUT2D eigenvalue weighted by Crippen LogP contribution is -1.96. The highest BCUT2D eigenvalue weighted by atomic mass is 16.3. The molecule has 206 valence electrons. The molecule has 0 N–H and O–H groups in total. The maximum Gasteiger partial charge on any atom is 0.164 e. The lowest BCUT2D eigenvalue weighted by atomic mass is 9.97. The van der Waals surface area contributed by atoms with Crippen LogP contribution in [-0.4, -0.2) is 9.97 Å². The molecule has 0 aliphatic carbocycles. The van der Waals surface area contributed by atoms with E-state index in [1.807, 2.05) is 72.8 Å². The summed E-state index contributed by atoms with van der Waals surface area (Å²) >= 11 is 0. The minimum absolute atomic E-state index is 0.625. The summed E-state index contributed by atoms with van der Waals surface area (Å²) in [5.41, 5.74) is 10.2. The van der Waals surface area contributed by atoms with E-state index in [2.05, 4.69) is 72.8 Å². The van der Waals surface area contributed by atoms with Crippen LogP contribution in [0.5, 0.6) is 0 Å². The highest BCUT2D eigenvalue weighted by molar-refractivity contribution is 6.16. The van der Waals surface area contributed by atoms with Gasteiger partial charge in [-0.25, -0.2) is 9.97 Å². The first-order chi connectivity index (χ1) is 21.8. The van der Waals surface area contributed by atoms with Crippen molar-refractivity contribution in [3.63, 3.8) is 0 Å². The largest absolute Gasteiger partial charge is 0.456 e. The van der Waals surface area contributed by atoms with E-state index in [9.17, 15) is 0 Å². The van der Waals surface area contributed by atoms with Gasteiger partial charge in [-0.2, -0.15) is 0 Å². The van der Waals surface area contributed by atoms with Gasteiger partial charge >= 0.3 is 0 Å². The fourth-order valence-corrected chi connectivity index (χ4v) is 6.24. The molecule has 9 aromatic rings. The molecule has 0 spiro atoms. The highest BCUT2D eigenvalue weighted by Gasteiger charge is 2.19. The van der Waals surface area contributed by atoms with E-state index in [1.165, 1.54) is 0 Å². The van der Waals surface area contributed by atoms with Crippen LogP contribution < -0.4 is 0 Å². The monoisotopic (exact) mass is 564 g/mol. The Morgan fingerprint density at radius 3 is 1.77 bits per heavy atom. The molecule has 0 atom stereocenters. The van der Waals surface area contributed by atoms with Gasteiger partial charge in [-0.3, -0.25) is 0 Å². The van der Waals surface area contributed by atoms with Crippen molar-refractivity contribution >= 4 is 43.9 Å². The number of hydrogen-bond donors (Lipinski definition) is 0. The normalized spacial score (nSPS) is 11.6. The third-order valence-electron chi connectivity index (χ3n) is 8.32. The molecule has 44 heavy (non-hydrogen) atoms. The van der Waals surface area contributed by atoms with Gasteiger partial charge in [0.05, 0.1) is 17.0 Å². The summed E-state index contributed by atoms with van der Waals surface area (Å²) < 4.78 is 12.9. The Bertz CT molecular complexity index is 2430. The third-order valence-corrected chi connectivity index (χ3v) is 8.32. The smallest absolute Gasteiger partial charge is 0.164 e. The number of fused-ring (bicyclic) bond motifs is 6. The fraction of sp³-hybridized carbons (Fsp3) is 0. The van der Waals surface area contributed by atoms with Gasteiger partial charge in [-0.05, 0) is 47.5 Å². The van der Waals surface area contributed by atoms with E-state index in [0.29, 0.717) is 5.82 Å². The van der Waals surface area contributed by atoms with E-state index >= 15 is 0 Å². The van der Waals surface area contributed by atoms with Crippen LogP contribution in [0.1, 0.15) is 0 Å². The molecule has 0 aliphatic rings. The zero-order chi connectivity index (χ0) is 29.0. The van der Waals surface area contributed by atoms with Gasteiger partial charge in [0.1, 0.15) is 22.3 Å². The first kappa shape index (κ1) is 24.6. The Hall–Kier alpha value is -6.00. The highest BCUT2D eigenvalue weighted by Crippen LogP contribution is 2.41. The SMILES string of the molecule is c1ccc(-c2cc(-c3ccccc3)nc(-c3cccc4c3oc3cccc(-c5ccc6c(c5)oc5ccccc56)c34)n2)cc1. The van der Waals surface area contributed by atoms with Crippen molar-refractivity contribution in [2.45, 2.75) is 0 Å². The molecule has 0 saturated carbocycles. The molecule has 4 nitrogen and oxygen atoms in total. The third kappa shape index (κ3) is 3.92. The molecule has 0 unspecified atom stereocenters. The zero-order valence-electron chi connectivity index (χ0n) is 23.6. The van der Waals surface area contributed by atoms with Gasteiger partial charge in [0.15, 0.2) is 5.82 Å². The average molecular weight is 565 g/mol. The van der Waals surface area contributed by atoms with Crippen LogP contribution in [0.4, 0.5) is 0 Å². The summed E-state index contributed by atoms with van der Waals surface area (Å²) in [6, 6.07) is 49.6. The number of para-hydroxylation sites is 2. The van der Waals surface area contributed by atoms with E-state index in [1.54, 1.807) is 0 Å². The molecule has 0 fully saturated rings. The minimum atomic E-state index is 0.625. The molecule has 6 aromatic carbocycles. The van der Waals surface area contributed by atoms with Crippen LogP contribution in [-0.2, 0) is 0 Å². The van der Waals surface area contributed by atoms with Crippen LogP contribution >= 0.6 is 0 Å². The van der Waals surface area contributed by atoms with Crippen molar-refractivity contribution in [2.75, 3.05) is 0 Å². The maximum atomic E-state index is 6.62. The predicted molar refractivity (Wildman–Crippen MR) is 178 cm³/mol. The standard InChI is InChI=1S/C40H24N2O2/c1-3-11-25(12-4-1)33-24-34(26-13-5-2-6-14-26)42-40(41-33)32-18-9-17-31-38-28(16-10-20-36(38)44-39(31)32)27-21-22-30-29-15-7-8-19-35(29)43-37(30)23-27/h1-24H. The summed E-state index contributed by atoms with van der Waals surface area (Å²) in [7, 11) is 0. The summed E-state index contributed by atoms with van der Waals surface area (Å²) in [4.78, 5) is 10.1. The lowest BCUT2D eigenvalue weighted by molar-refractivity contribution is 0.668. The molecule has 0 bridgehead atoms. The molecular weight excluding hydrogens is 540 g/mol. The summed E-state index contributed by atoms with van der Waals surface area (Å²) in [6.45, 7) is 0. The molecule has 0 radical (unpaired) electrons. The summed E-state index contributed by atoms with van der Waals surface area (Å²) in [5, 5.41) is 4.31. The van der Waals surface area contributed by atoms with Crippen molar-refractivity contribution in [3.8, 4) is 45.0 Å².